The van der Waals surface area contributed by atoms with Gasteiger partial charge in [-0.25, -0.2) is 0 Å². The second-order valence-electron chi connectivity index (χ2n) is 10.0. The van der Waals surface area contributed by atoms with E-state index in [1.54, 1.807) is 12.1 Å². The van der Waals surface area contributed by atoms with Crippen LogP contribution in [0, 0.1) is 11.8 Å². The molecule has 3 heteroatoms. The van der Waals surface area contributed by atoms with Gasteiger partial charge in [0.05, 0.1) is 0 Å². The van der Waals surface area contributed by atoms with Gasteiger partial charge in [-0.05, 0) is 48.9 Å². The van der Waals surface area contributed by atoms with E-state index in [1.807, 2.05) is 48.5 Å². The van der Waals surface area contributed by atoms with Crippen molar-refractivity contribution in [1.29, 1.82) is 0 Å². The molecule has 2 aliphatic rings. The van der Waals surface area contributed by atoms with E-state index in [1.165, 1.54) is 43.2 Å². The van der Waals surface area contributed by atoms with Gasteiger partial charge >= 0.3 is 0 Å². The SMILES string of the molecule is C[C@@H](NC(=O)c1ccc(C(=O)C2[C@@H](c3ccccc3)[C@@H]2c2ccccc2)cc1)C1CCCCC1. The highest BCUT2D eigenvalue weighted by atomic mass is 16.1. The minimum atomic E-state index is -0.0733. The molecular formula is C31H33NO2. The first-order valence-corrected chi connectivity index (χ1v) is 12.7. The van der Waals surface area contributed by atoms with Crippen molar-refractivity contribution < 1.29 is 9.59 Å². The summed E-state index contributed by atoms with van der Waals surface area (Å²) in [6, 6.07) is 28.1. The summed E-state index contributed by atoms with van der Waals surface area (Å²) in [4.78, 5) is 26.3. The van der Waals surface area contributed by atoms with Crippen LogP contribution in [-0.4, -0.2) is 17.7 Å². The van der Waals surface area contributed by atoms with E-state index < -0.39 is 0 Å². The second kappa shape index (κ2) is 9.97. The lowest BCUT2D eigenvalue weighted by Crippen LogP contribution is -2.38. The van der Waals surface area contributed by atoms with Gasteiger partial charge in [0.15, 0.2) is 5.78 Å². The van der Waals surface area contributed by atoms with Gasteiger partial charge in [0.25, 0.3) is 5.91 Å². The van der Waals surface area contributed by atoms with Crippen LogP contribution in [0.2, 0.25) is 0 Å². The van der Waals surface area contributed by atoms with Crippen LogP contribution >= 0.6 is 0 Å². The van der Waals surface area contributed by atoms with Crippen LogP contribution in [0.4, 0.5) is 0 Å². The third-order valence-corrected chi connectivity index (χ3v) is 7.84. The van der Waals surface area contributed by atoms with Gasteiger partial charge in [-0.1, -0.05) is 92.1 Å². The van der Waals surface area contributed by atoms with Gasteiger partial charge in [0.1, 0.15) is 0 Å². The smallest absolute Gasteiger partial charge is 0.251 e. The van der Waals surface area contributed by atoms with E-state index in [0.717, 1.165) is 0 Å². The largest absolute Gasteiger partial charge is 0.349 e. The van der Waals surface area contributed by atoms with E-state index in [9.17, 15) is 9.59 Å². The number of carbonyl (C=O) groups is 2. The fourth-order valence-corrected chi connectivity index (χ4v) is 5.84. The number of hydrogen-bond donors (Lipinski definition) is 1. The number of hydrogen-bond acceptors (Lipinski definition) is 2. The fourth-order valence-electron chi connectivity index (χ4n) is 5.84. The number of rotatable bonds is 7. The summed E-state index contributed by atoms with van der Waals surface area (Å²) in [5.74, 6) is 0.984. The highest BCUT2D eigenvalue weighted by Gasteiger charge is 2.55. The minimum absolute atomic E-state index is 0.0483. The van der Waals surface area contributed by atoms with Crippen molar-refractivity contribution in [3.8, 4) is 0 Å². The lowest BCUT2D eigenvalue weighted by atomic mass is 9.84. The first-order chi connectivity index (χ1) is 16.6. The van der Waals surface area contributed by atoms with Gasteiger partial charge in [-0.2, -0.15) is 0 Å². The molecule has 3 nitrogen and oxygen atoms in total. The molecule has 2 fully saturated rings. The number of ketones is 1. The van der Waals surface area contributed by atoms with E-state index in [4.69, 9.17) is 0 Å². The zero-order valence-electron chi connectivity index (χ0n) is 19.8. The van der Waals surface area contributed by atoms with Crippen LogP contribution in [0.1, 0.15) is 82.7 Å². The van der Waals surface area contributed by atoms with Gasteiger partial charge < -0.3 is 5.32 Å². The van der Waals surface area contributed by atoms with Crippen molar-refractivity contribution in [1.82, 2.24) is 5.32 Å². The molecule has 0 aromatic heterocycles. The van der Waals surface area contributed by atoms with Crippen LogP contribution in [0.25, 0.3) is 0 Å². The predicted octanol–water partition coefficient (Wildman–Crippen LogP) is 6.77. The molecule has 34 heavy (non-hydrogen) atoms. The highest BCUT2D eigenvalue weighted by molar-refractivity contribution is 6.03. The first-order valence-electron chi connectivity index (χ1n) is 12.7. The van der Waals surface area contributed by atoms with Gasteiger partial charge in [0, 0.05) is 34.9 Å². The quantitative estimate of drug-likeness (QED) is 0.403. The maximum Gasteiger partial charge on any atom is 0.251 e. The Bertz CT molecular complexity index is 1070. The Balaban J connectivity index is 1.29. The average molecular weight is 452 g/mol. The topological polar surface area (TPSA) is 46.2 Å². The first kappa shape index (κ1) is 22.6. The van der Waals surface area contributed by atoms with Crippen LogP contribution in [0.3, 0.4) is 0 Å². The number of nitrogens with one attached hydrogen (secondary N) is 1. The molecule has 2 saturated carbocycles. The summed E-state index contributed by atoms with van der Waals surface area (Å²) in [6.07, 6.45) is 6.22. The molecule has 0 saturated heterocycles. The Labute approximate surface area is 202 Å². The second-order valence-corrected chi connectivity index (χ2v) is 10.0. The maximum absolute atomic E-state index is 13.5. The molecule has 3 aromatic rings. The van der Waals surface area contributed by atoms with E-state index in [-0.39, 0.29) is 35.5 Å². The van der Waals surface area contributed by atoms with Gasteiger partial charge in [-0.15, -0.1) is 0 Å². The molecule has 0 radical (unpaired) electrons. The fraction of sp³-hybridized carbons (Fsp3) is 0.355. The molecule has 0 spiro atoms. The van der Waals surface area contributed by atoms with Crippen molar-refractivity contribution in [3.63, 3.8) is 0 Å². The summed E-state index contributed by atoms with van der Waals surface area (Å²) < 4.78 is 0. The normalized spacial score (nSPS) is 23.1. The number of benzene rings is 3. The van der Waals surface area contributed by atoms with Crippen molar-refractivity contribution in [2.24, 2.45) is 11.8 Å². The Hall–Kier alpha value is -3.20. The summed E-state index contributed by atoms with van der Waals surface area (Å²) in [5, 5.41) is 3.18. The van der Waals surface area contributed by atoms with Gasteiger partial charge in [-0.3, -0.25) is 9.59 Å². The van der Waals surface area contributed by atoms with E-state index in [0.29, 0.717) is 17.0 Å². The standard InChI is InChI=1S/C31H33NO2/c1-21(22-11-5-2-6-12-22)32-31(34)26-19-17-25(18-20-26)30(33)29-27(23-13-7-3-8-14-23)28(29)24-15-9-4-10-16-24/h3-4,7-10,13-22,27-29H,2,5-6,11-12H2,1H3,(H,32,34)/t21-,27+,28+/m1/s1. The molecule has 3 aromatic carbocycles. The molecular weight excluding hydrogens is 418 g/mol. The molecule has 174 valence electrons. The molecule has 5 rings (SSSR count). The average Bonchev–Trinajstić information content (AvgIpc) is 3.65. The summed E-state index contributed by atoms with van der Waals surface area (Å²) in [6.45, 7) is 2.12. The monoisotopic (exact) mass is 451 g/mol. The van der Waals surface area contributed by atoms with Crippen molar-refractivity contribution in [2.45, 2.75) is 56.9 Å². The zero-order valence-corrected chi connectivity index (χ0v) is 19.8. The van der Waals surface area contributed by atoms with Crippen molar-refractivity contribution >= 4 is 11.7 Å². The Kier molecular flexibility index (Phi) is 6.62. The van der Waals surface area contributed by atoms with Gasteiger partial charge in [0.2, 0.25) is 0 Å². The predicted molar refractivity (Wildman–Crippen MR) is 136 cm³/mol. The number of carbonyl (C=O) groups excluding carboxylic acids is 2. The van der Waals surface area contributed by atoms with E-state index in [2.05, 4.69) is 36.5 Å². The molecule has 0 aliphatic heterocycles. The van der Waals surface area contributed by atoms with Crippen LogP contribution in [-0.2, 0) is 0 Å². The maximum atomic E-state index is 13.5. The van der Waals surface area contributed by atoms with E-state index >= 15 is 0 Å². The van der Waals surface area contributed by atoms with Crippen LogP contribution < -0.4 is 5.32 Å². The summed E-state index contributed by atoms with van der Waals surface area (Å²) >= 11 is 0. The van der Waals surface area contributed by atoms with Crippen molar-refractivity contribution in [3.05, 3.63) is 107 Å². The Morgan fingerprint density at radius 3 is 1.74 bits per heavy atom. The third kappa shape index (κ3) is 4.70. The molecule has 1 amide bonds. The van der Waals surface area contributed by atoms with Crippen molar-refractivity contribution in [2.75, 3.05) is 0 Å². The Morgan fingerprint density at radius 1 is 0.706 bits per heavy atom. The Morgan fingerprint density at radius 2 is 1.21 bits per heavy atom. The highest BCUT2D eigenvalue weighted by Crippen LogP contribution is 2.61. The molecule has 2 aliphatic carbocycles. The third-order valence-electron chi connectivity index (χ3n) is 7.84. The molecule has 0 unspecified atom stereocenters. The molecule has 1 N–H and O–H groups in total. The molecule has 3 atom stereocenters. The van der Waals surface area contributed by atoms with Crippen LogP contribution in [0.5, 0.6) is 0 Å². The number of amides is 1. The minimum Gasteiger partial charge on any atom is -0.349 e. The molecule has 0 bridgehead atoms. The van der Waals surface area contributed by atoms with Crippen LogP contribution in [0.15, 0.2) is 84.9 Å². The molecule has 0 heterocycles. The lowest BCUT2D eigenvalue weighted by molar-refractivity contribution is 0.0916. The lowest BCUT2D eigenvalue weighted by Gasteiger charge is -2.28. The summed E-state index contributed by atoms with van der Waals surface area (Å²) in [7, 11) is 0. The number of Topliss-reactive ketones (excluding diaryl/α,β-unsaturated/α-hetero) is 1. The summed E-state index contributed by atoms with van der Waals surface area (Å²) in [5.41, 5.74) is 3.72. The zero-order chi connectivity index (χ0) is 23.5.